The molecule has 0 radical (unpaired) electrons. The molecule has 0 saturated carbocycles. The minimum atomic E-state index is 0.629. The molecule has 6 heterocycles. The summed E-state index contributed by atoms with van der Waals surface area (Å²) in [6, 6.07) is 137. The van der Waals surface area contributed by atoms with E-state index in [1.807, 2.05) is 144 Å². The zero-order valence-corrected chi connectivity index (χ0v) is 62.0. The molecule has 0 fully saturated rings. The molecular weight excluding hydrogens is 1400 g/mol. The lowest BCUT2D eigenvalue weighted by Crippen LogP contribution is -2.01. The van der Waals surface area contributed by atoms with Gasteiger partial charge < -0.3 is 9.13 Å². The molecule has 0 N–H and O–H groups in total. The van der Waals surface area contributed by atoms with Crippen molar-refractivity contribution in [2.75, 3.05) is 0 Å². The summed E-state index contributed by atoms with van der Waals surface area (Å²) >= 11 is 3.75. The fourth-order valence-electron chi connectivity index (χ4n) is 16.0. The summed E-state index contributed by atoms with van der Waals surface area (Å²) in [4.78, 5) is 30.1. The van der Waals surface area contributed by atoms with Crippen LogP contribution in [-0.4, -0.2) is 39.0 Å². The van der Waals surface area contributed by atoms with E-state index in [1.165, 1.54) is 106 Å². The molecule has 0 aliphatic heterocycles. The Morgan fingerprint density at radius 3 is 0.964 bits per heavy atom. The van der Waals surface area contributed by atoms with Crippen LogP contribution >= 0.6 is 22.7 Å². The number of aromatic nitrogens is 8. The summed E-state index contributed by atoms with van der Waals surface area (Å²) in [7, 11) is 0. The first-order valence-electron chi connectivity index (χ1n) is 37.5. The van der Waals surface area contributed by atoms with Crippen LogP contribution in [0.1, 0.15) is 0 Å². The number of para-hydroxylation sites is 1. The number of hydrogen-bond donors (Lipinski definition) is 0. The standard InChI is InChI=1S/2C51H32N4S/c1-4-15-33(16-5-1)39-24-13-26-43-44-27-14-25-40(48(44)56-47(39)43)36-29-30-42-41-23-10-11-28-45(41)55(46(42)32-36)38-22-12-21-37(31-38)51-53-49(34-17-6-2-7-18-34)52-50(54-51)35-19-8-3-9-20-35;1-4-14-33(15-5-1)36-27-29-45-44(31-36)41-28-26-37(40-23-13-24-43-42-22-10-11-25-47(42)56-48(40)43)32-46(41)55(45)39-21-12-20-38(30-39)51-53-49(34-16-6-2-7-17-34)52-50(54-51)35-18-8-3-9-19-35/h2*1-32H. The minimum Gasteiger partial charge on any atom is -0.309 e. The zero-order valence-electron chi connectivity index (χ0n) is 60.3. The second-order valence-electron chi connectivity index (χ2n) is 28.0. The molecule has 8 nitrogen and oxygen atoms in total. The molecule has 0 saturated heterocycles. The molecule has 0 unspecified atom stereocenters. The van der Waals surface area contributed by atoms with Gasteiger partial charge in [-0.2, -0.15) is 0 Å². The molecule has 0 bridgehead atoms. The monoisotopic (exact) mass is 1460 g/mol. The Morgan fingerprint density at radius 1 is 0.170 bits per heavy atom. The van der Waals surface area contributed by atoms with Crippen molar-refractivity contribution in [1.29, 1.82) is 0 Å². The van der Waals surface area contributed by atoms with E-state index in [0.717, 1.165) is 66.8 Å². The van der Waals surface area contributed by atoms with Gasteiger partial charge in [0.1, 0.15) is 0 Å². The van der Waals surface area contributed by atoms with Gasteiger partial charge in [0.05, 0.1) is 22.1 Å². The number of nitrogens with zero attached hydrogens (tertiary/aromatic N) is 8. The molecule has 22 aromatic rings. The van der Waals surface area contributed by atoms with E-state index in [0.29, 0.717) is 34.9 Å². The molecule has 524 valence electrons. The van der Waals surface area contributed by atoms with Gasteiger partial charge in [0.15, 0.2) is 34.9 Å². The van der Waals surface area contributed by atoms with Crippen LogP contribution in [0, 0.1) is 0 Å². The largest absolute Gasteiger partial charge is 0.309 e. The SMILES string of the molecule is c1ccc(-c2ccc3c(c2)c2ccc(-c4cccc5c4sc4ccccc45)cc2n3-c2cccc(-c3nc(-c4ccccc4)nc(-c4ccccc4)n3)c2)cc1.c1ccc(-c2nc(-c3ccccc3)nc(-c3cccc(-n4c5ccccc5c5ccc(-c6cccc7c6sc6c(-c8ccccc8)cccc67)cc54)c3)n2)cc1. The molecule has 0 spiro atoms. The minimum absolute atomic E-state index is 0.629. The van der Waals surface area contributed by atoms with Crippen molar-refractivity contribution in [1.82, 2.24) is 39.0 Å². The first-order valence-corrected chi connectivity index (χ1v) is 39.2. The number of hydrogen-bond acceptors (Lipinski definition) is 8. The molecule has 0 aliphatic rings. The first kappa shape index (κ1) is 65.8. The summed E-state index contributed by atoms with van der Waals surface area (Å²) < 4.78 is 10.0. The highest BCUT2D eigenvalue weighted by atomic mass is 32.1. The Balaban J connectivity index is 0.000000141. The fourth-order valence-corrected chi connectivity index (χ4v) is 18.6. The molecule has 0 amide bonds. The smallest absolute Gasteiger partial charge is 0.164 e. The van der Waals surface area contributed by atoms with Crippen LogP contribution in [0.3, 0.4) is 0 Å². The third-order valence-corrected chi connectivity index (χ3v) is 23.8. The summed E-state index contributed by atoms with van der Waals surface area (Å²) in [5.74, 6) is 3.84. The van der Waals surface area contributed by atoms with E-state index in [-0.39, 0.29) is 0 Å². The number of rotatable bonds is 12. The van der Waals surface area contributed by atoms with Gasteiger partial charge in [0.2, 0.25) is 0 Å². The Morgan fingerprint density at radius 2 is 0.491 bits per heavy atom. The quantitative estimate of drug-likeness (QED) is 0.121. The molecular formula is C102H64N8S2. The third kappa shape index (κ3) is 11.9. The van der Waals surface area contributed by atoms with Crippen LogP contribution in [0.4, 0.5) is 0 Å². The van der Waals surface area contributed by atoms with Gasteiger partial charge >= 0.3 is 0 Å². The Kier molecular flexibility index (Phi) is 16.4. The Labute approximate surface area is 653 Å². The highest BCUT2D eigenvalue weighted by molar-refractivity contribution is 7.27. The van der Waals surface area contributed by atoms with Gasteiger partial charge in [0, 0.05) is 107 Å². The maximum absolute atomic E-state index is 5.06. The van der Waals surface area contributed by atoms with Gasteiger partial charge in [-0.15, -0.1) is 22.7 Å². The van der Waals surface area contributed by atoms with E-state index >= 15 is 0 Å². The van der Waals surface area contributed by atoms with Crippen LogP contribution in [-0.2, 0) is 0 Å². The van der Waals surface area contributed by atoms with Crippen LogP contribution < -0.4 is 0 Å². The van der Waals surface area contributed by atoms with Gasteiger partial charge in [-0.25, -0.2) is 29.9 Å². The van der Waals surface area contributed by atoms with Crippen molar-refractivity contribution in [2.45, 2.75) is 0 Å². The van der Waals surface area contributed by atoms with E-state index in [9.17, 15) is 0 Å². The van der Waals surface area contributed by atoms with Crippen LogP contribution in [0.5, 0.6) is 0 Å². The lowest BCUT2D eigenvalue weighted by Gasteiger charge is -2.12. The van der Waals surface area contributed by atoms with Crippen molar-refractivity contribution in [3.8, 4) is 124 Å². The molecule has 22 rings (SSSR count). The maximum atomic E-state index is 5.06. The van der Waals surface area contributed by atoms with Gasteiger partial charge in [-0.1, -0.05) is 328 Å². The summed E-state index contributed by atoms with van der Waals surface area (Å²) in [5, 5.41) is 10.0. The average molecular weight is 1470 g/mol. The van der Waals surface area contributed by atoms with Crippen molar-refractivity contribution >= 4 is 107 Å². The fraction of sp³-hybridized carbons (Fsp3) is 0. The van der Waals surface area contributed by atoms with Crippen LogP contribution in [0.15, 0.2) is 388 Å². The maximum Gasteiger partial charge on any atom is 0.164 e. The topological polar surface area (TPSA) is 87.2 Å². The molecule has 0 atom stereocenters. The number of benzene rings is 16. The molecule has 10 heteroatoms. The molecule has 16 aromatic carbocycles. The lowest BCUT2D eigenvalue weighted by molar-refractivity contribution is 1.07. The lowest BCUT2D eigenvalue weighted by atomic mass is 9.99. The van der Waals surface area contributed by atoms with E-state index in [2.05, 4.69) is 276 Å². The van der Waals surface area contributed by atoms with Crippen LogP contribution in [0.25, 0.3) is 208 Å². The number of fused-ring (bicyclic) bond motifs is 12. The zero-order chi connectivity index (χ0) is 74.0. The van der Waals surface area contributed by atoms with Gasteiger partial charge in [0.25, 0.3) is 0 Å². The first-order chi connectivity index (χ1) is 55.5. The summed E-state index contributed by atoms with van der Waals surface area (Å²) in [6.45, 7) is 0. The Bertz CT molecular complexity index is 7250. The van der Waals surface area contributed by atoms with Crippen molar-refractivity contribution in [2.24, 2.45) is 0 Å². The normalized spacial score (nSPS) is 11.6. The van der Waals surface area contributed by atoms with Crippen molar-refractivity contribution in [3.63, 3.8) is 0 Å². The highest BCUT2D eigenvalue weighted by Crippen LogP contribution is 2.47. The molecule has 6 aromatic heterocycles. The average Bonchev–Trinajstić information content (AvgIpc) is 1.58. The van der Waals surface area contributed by atoms with Crippen molar-refractivity contribution in [3.05, 3.63) is 388 Å². The molecule has 0 aliphatic carbocycles. The number of thiophene rings is 2. The third-order valence-electron chi connectivity index (χ3n) is 21.3. The predicted molar refractivity (Wildman–Crippen MR) is 468 cm³/mol. The van der Waals surface area contributed by atoms with Gasteiger partial charge in [-0.05, 0) is 105 Å². The van der Waals surface area contributed by atoms with E-state index < -0.39 is 0 Å². The summed E-state index contributed by atoms with van der Waals surface area (Å²) in [5.41, 5.74) is 22.1. The molecule has 112 heavy (non-hydrogen) atoms. The van der Waals surface area contributed by atoms with E-state index in [4.69, 9.17) is 29.9 Å². The van der Waals surface area contributed by atoms with Crippen molar-refractivity contribution < 1.29 is 0 Å². The second-order valence-corrected chi connectivity index (χ2v) is 30.1. The Hall–Kier alpha value is -14.4. The van der Waals surface area contributed by atoms with E-state index in [1.54, 1.807) is 0 Å². The predicted octanol–water partition coefficient (Wildman–Crippen LogP) is 27.3. The van der Waals surface area contributed by atoms with Gasteiger partial charge in [-0.3, -0.25) is 0 Å². The summed E-state index contributed by atoms with van der Waals surface area (Å²) in [6.07, 6.45) is 0. The highest BCUT2D eigenvalue weighted by Gasteiger charge is 2.23. The van der Waals surface area contributed by atoms with Crippen LogP contribution in [0.2, 0.25) is 0 Å². The second kappa shape index (κ2) is 28.0.